The summed E-state index contributed by atoms with van der Waals surface area (Å²) in [6.45, 7) is 3.74. The van der Waals surface area contributed by atoms with E-state index in [4.69, 9.17) is 0 Å². The van der Waals surface area contributed by atoms with Crippen LogP contribution in [0.5, 0.6) is 0 Å². The van der Waals surface area contributed by atoms with Crippen molar-refractivity contribution in [3.63, 3.8) is 0 Å². The minimum Gasteiger partial charge on any atom is -0.300 e. The number of hydrogen-bond donors (Lipinski definition) is 1. The lowest BCUT2D eigenvalue weighted by Gasteiger charge is -2.04. The molecule has 0 radical (unpaired) electrons. The number of carbonyl (C=O) groups excluding carboxylic acids is 1. The van der Waals surface area contributed by atoms with Crippen molar-refractivity contribution in [3.8, 4) is 0 Å². The van der Waals surface area contributed by atoms with Gasteiger partial charge in [0.1, 0.15) is 5.78 Å². The summed E-state index contributed by atoms with van der Waals surface area (Å²) in [6.07, 6.45) is 3.27. The second-order valence-corrected chi connectivity index (χ2v) is 3.00. The molecule has 0 aromatic heterocycles. The van der Waals surface area contributed by atoms with Crippen LogP contribution < -0.4 is 0 Å². The summed E-state index contributed by atoms with van der Waals surface area (Å²) < 4.78 is 0. The summed E-state index contributed by atoms with van der Waals surface area (Å²) in [5.74, 6) is 0.232. The van der Waals surface area contributed by atoms with Crippen LogP contribution in [0.2, 0.25) is 0 Å². The highest BCUT2D eigenvalue weighted by Gasteiger charge is 2.01. The van der Waals surface area contributed by atoms with E-state index in [1.807, 2.05) is 18.2 Å². The van der Waals surface area contributed by atoms with Crippen molar-refractivity contribution >= 4 is 18.4 Å². The molecule has 0 fully saturated rings. The molecule has 0 atom stereocenters. The van der Waals surface area contributed by atoms with Crippen molar-refractivity contribution in [2.45, 2.75) is 26.7 Å². The van der Waals surface area contributed by atoms with Gasteiger partial charge in [0.25, 0.3) is 0 Å². The van der Waals surface area contributed by atoms with Crippen LogP contribution in [0.1, 0.15) is 25.0 Å². The van der Waals surface area contributed by atoms with Gasteiger partial charge in [-0.15, -0.1) is 0 Å². The third-order valence-electron chi connectivity index (χ3n) is 1.94. The molecular weight excluding hydrogens is 192 g/mol. The second kappa shape index (κ2) is 7.63. The quantitative estimate of drug-likeness (QED) is 0.759. The molecule has 1 rings (SSSR count). The molecule has 0 spiro atoms. The Morgan fingerprint density at radius 1 is 1.21 bits per heavy atom. The van der Waals surface area contributed by atoms with Gasteiger partial charge in [-0.2, -0.15) is 12.6 Å². The Labute approximate surface area is 91.9 Å². The van der Waals surface area contributed by atoms with Crippen LogP contribution in [0.25, 0.3) is 0 Å². The van der Waals surface area contributed by atoms with Crippen LogP contribution in [0, 0.1) is 0 Å². The van der Waals surface area contributed by atoms with Crippen molar-refractivity contribution < 1.29 is 4.79 Å². The van der Waals surface area contributed by atoms with Gasteiger partial charge in [0.05, 0.1) is 0 Å². The first kappa shape index (κ1) is 13.2. The number of ketones is 1. The van der Waals surface area contributed by atoms with Gasteiger partial charge in [0, 0.05) is 6.42 Å². The lowest BCUT2D eigenvalue weighted by molar-refractivity contribution is -0.116. The van der Waals surface area contributed by atoms with E-state index in [-0.39, 0.29) is 5.78 Å². The molecule has 0 saturated carbocycles. The van der Waals surface area contributed by atoms with E-state index in [1.165, 1.54) is 11.1 Å². The molecule has 0 amide bonds. The topological polar surface area (TPSA) is 17.1 Å². The summed E-state index contributed by atoms with van der Waals surface area (Å²) in [6, 6.07) is 8.11. The average Bonchev–Trinajstić information content (AvgIpc) is 2.21. The minimum atomic E-state index is 0.232. The maximum absolute atomic E-state index is 10.9. The third kappa shape index (κ3) is 4.47. The molecular formula is C12H18OS. The van der Waals surface area contributed by atoms with Crippen molar-refractivity contribution in [1.29, 1.82) is 0 Å². The standard InChI is InChI=1S/C11H14O.CH4S/c1-3-10-6-4-5-7-11(10)8-9(2)12;1-2/h4-7H,3,8H2,1-2H3;2H,1H3. The lowest BCUT2D eigenvalue weighted by atomic mass is 10.0. The molecule has 1 aromatic carbocycles. The minimum absolute atomic E-state index is 0.232. The van der Waals surface area contributed by atoms with Crippen LogP contribution in [-0.4, -0.2) is 12.0 Å². The highest BCUT2D eigenvalue weighted by molar-refractivity contribution is 7.79. The molecule has 0 N–H and O–H groups in total. The Morgan fingerprint density at radius 2 is 1.71 bits per heavy atom. The van der Waals surface area contributed by atoms with Gasteiger partial charge in [0.15, 0.2) is 0 Å². The van der Waals surface area contributed by atoms with Crippen LogP contribution in [-0.2, 0) is 17.6 Å². The molecule has 0 aliphatic heterocycles. The largest absolute Gasteiger partial charge is 0.300 e. The molecule has 14 heavy (non-hydrogen) atoms. The summed E-state index contributed by atoms with van der Waals surface area (Å²) in [7, 11) is 0. The molecule has 1 aromatic rings. The van der Waals surface area contributed by atoms with Crippen LogP contribution in [0.15, 0.2) is 24.3 Å². The normalized spacial score (nSPS) is 8.86. The molecule has 1 nitrogen and oxygen atoms in total. The number of thiol groups is 1. The fraction of sp³-hybridized carbons (Fsp3) is 0.417. The number of carbonyl (C=O) groups is 1. The number of aryl methyl sites for hydroxylation is 1. The van der Waals surface area contributed by atoms with E-state index in [9.17, 15) is 4.79 Å². The number of hydrogen-bond acceptors (Lipinski definition) is 2. The van der Waals surface area contributed by atoms with Gasteiger partial charge >= 0.3 is 0 Å². The average molecular weight is 210 g/mol. The van der Waals surface area contributed by atoms with Crippen LogP contribution >= 0.6 is 12.6 Å². The van der Waals surface area contributed by atoms with Gasteiger partial charge in [0.2, 0.25) is 0 Å². The van der Waals surface area contributed by atoms with Crippen molar-refractivity contribution in [2.24, 2.45) is 0 Å². The zero-order valence-electron chi connectivity index (χ0n) is 9.08. The predicted octanol–water partition coefficient (Wildman–Crippen LogP) is 2.93. The van der Waals surface area contributed by atoms with E-state index in [0.717, 1.165) is 6.42 Å². The van der Waals surface area contributed by atoms with Gasteiger partial charge in [-0.3, -0.25) is 4.79 Å². The number of benzene rings is 1. The zero-order valence-corrected chi connectivity index (χ0v) is 9.97. The predicted molar refractivity (Wildman–Crippen MR) is 65.1 cm³/mol. The van der Waals surface area contributed by atoms with Gasteiger partial charge in [-0.25, -0.2) is 0 Å². The monoisotopic (exact) mass is 210 g/mol. The van der Waals surface area contributed by atoms with Crippen molar-refractivity contribution in [1.82, 2.24) is 0 Å². The van der Waals surface area contributed by atoms with Gasteiger partial charge in [-0.05, 0) is 30.7 Å². The van der Waals surface area contributed by atoms with Gasteiger partial charge in [-0.1, -0.05) is 31.2 Å². The molecule has 2 heteroatoms. The molecule has 0 saturated heterocycles. The molecule has 0 bridgehead atoms. The van der Waals surface area contributed by atoms with E-state index in [2.05, 4.69) is 25.6 Å². The first-order chi connectivity index (χ1) is 6.74. The van der Waals surface area contributed by atoms with E-state index < -0.39 is 0 Å². The summed E-state index contributed by atoms with van der Waals surface area (Å²) in [5.41, 5.74) is 2.46. The molecule has 0 unspecified atom stereocenters. The molecule has 0 heterocycles. The lowest BCUT2D eigenvalue weighted by Crippen LogP contribution is -1.99. The smallest absolute Gasteiger partial charge is 0.134 e. The van der Waals surface area contributed by atoms with Crippen molar-refractivity contribution in [3.05, 3.63) is 35.4 Å². The van der Waals surface area contributed by atoms with Crippen LogP contribution in [0.4, 0.5) is 0 Å². The Bertz CT molecular complexity index is 281. The first-order valence-corrected chi connectivity index (χ1v) is 5.64. The number of rotatable bonds is 3. The summed E-state index contributed by atoms with van der Waals surface area (Å²) in [4.78, 5) is 10.9. The molecule has 0 aliphatic rings. The second-order valence-electron chi connectivity index (χ2n) is 3.00. The van der Waals surface area contributed by atoms with Crippen molar-refractivity contribution in [2.75, 3.05) is 6.26 Å². The maximum Gasteiger partial charge on any atom is 0.134 e. The Kier molecular flexibility index (Phi) is 7.21. The fourth-order valence-electron chi connectivity index (χ4n) is 1.34. The SMILES string of the molecule is CCc1ccccc1CC(C)=O.CS. The number of Topliss-reactive ketones (excluding diaryl/α,β-unsaturated/α-hetero) is 1. The zero-order chi connectivity index (χ0) is 11.0. The summed E-state index contributed by atoms with van der Waals surface area (Å²) in [5, 5.41) is 0. The van der Waals surface area contributed by atoms with Gasteiger partial charge < -0.3 is 0 Å². The Hall–Kier alpha value is -0.760. The highest BCUT2D eigenvalue weighted by atomic mass is 32.1. The molecule has 0 aliphatic carbocycles. The van der Waals surface area contributed by atoms with E-state index >= 15 is 0 Å². The maximum atomic E-state index is 10.9. The van der Waals surface area contributed by atoms with Crippen LogP contribution in [0.3, 0.4) is 0 Å². The molecule has 78 valence electrons. The Morgan fingerprint density at radius 3 is 2.14 bits per heavy atom. The summed E-state index contributed by atoms with van der Waals surface area (Å²) >= 11 is 3.53. The fourth-order valence-corrected chi connectivity index (χ4v) is 1.34. The third-order valence-corrected chi connectivity index (χ3v) is 1.94. The Balaban J connectivity index is 0.000000791. The van der Waals surface area contributed by atoms with E-state index in [1.54, 1.807) is 13.2 Å². The first-order valence-electron chi connectivity index (χ1n) is 4.75. The van der Waals surface area contributed by atoms with E-state index in [0.29, 0.717) is 6.42 Å². The highest BCUT2D eigenvalue weighted by Crippen LogP contribution is 2.09.